The summed E-state index contributed by atoms with van der Waals surface area (Å²) in [5.41, 5.74) is 4.69. The summed E-state index contributed by atoms with van der Waals surface area (Å²) in [5.74, 6) is 1.46. The first-order valence-corrected chi connectivity index (χ1v) is 9.71. The van der Waals surface area contributed by atoms with Crippen molar-refractivity contribution < 1.29 is 0 Å². The largest absolute Gasteiger partial charge is 0.268 e. The van der Waals surface area contributed by atoms with E-state index in [0.29, 0.717) is 10.7 Å². The second-order valence-corrected chi connectivity index (χ2v) is 7.78. The van der Waals surface area contributed by atoms with E-state index in [0.717, 1.165) is 23.5 Å². The molecule has 4 heteroatoms. The Labute approximate surface area is 164 Å². The Bertz CT molecular complexity index is 1170. The number of hydrogen-bond donors (Lipinski definition) is 1. The molecule has 0 amide bonds. The molecule has 0 radical (unpaired) electrons. The number of rotatable bonds is 4. The lowest BCUT2D eigenvalue weighted by atomic mass is 9.96. The Morgan fingerprint density at radius 2 is 1.70 bits per heavy atom. The third-order valence-electron chi connectivity index (χ3n) is 4.92. The van der Waals surface area contributed by atoms with Gasteiger partial charge >= 0.3 is 0 Å². The first-order valence-electron chi connectivity index (χ1n) is 9.30. The summed E-state index contributed by atoms with van der Waals surface area (Å²) < 4.78 is 2.66. The number of aryl methyl sites for hydroxylation is 1. The molecule has 1 aromatic heterocycles. The number of hydrogen-bond acceptors (Lipinski definition) is 2. The highest BCUT2D eigenvalue weighted by Gasteiger charge is 2.15. The third-order valence-corrected chi connectivity index (χ3v) is 5.19. The fourth-order valence-electron chi connectivity index (χ4n) is 3.70. The maximum Gasteiger partial charge on any atom is 0.200 e. The van der Waals surface area contributed by atoms with E-state index < -0.39 is 0 Å². The minimum Gasteiger partial charge on any atom is -0.268 e. The van der Waals surface area contributed by atoms with E-state index in [1.807, 2.05) is 12.1 Å². The maximum atomic E-state index is 5.61. The fraction of sp³-hybridized carbons (Fsp3) is 0.217. The lowest BCUT2D eigenvalue weighted by molar-refractivity contribution is 0.650. The molecule has 136 valence electrons. The molecule has 0 aliphatic carbocycles. The van der Waals surface area contributed by atoms with E-state index in [-0.39, 0.29) is 0 Å². The molecule has 1 N–H and O–H groups in total. The molecule has 0 atom stereocenters. The average molecular weight is 374 g/mol. The van der Waals surface area contributed by atoms with Crippen LogP contribution in [0, 0.1) is 17.6 Å². The summed E-state index contributed by atoms with van der Waals surface area (Å²) in [7, 11) is 0. The van der Waals surface area contributed by atoms with E-state index in [4.69, 9.17) is 12.2 Å². The van der Waals surface area contributed by atoms with Crippen molar-refractivity contribution >= 4 is 23.0 Å². The van der Waals surface area contributed by atoms with Gasteiger partial charge in [0.05, 0.1) is 5.69 Å². The van der Waals surface area contributed by atoms with E-state index in [1.165, 1.54) is 21.9 Å². The monoisotopic (exact) mass is 373 g/mol. The van der Waals surface area contributed by atoms with Crippen LogP contribution in [-0.2, 0) is 6.42 Å². The smallest absolute Gasteiger partial charge is 0.200 e. The number of benzene rings is 3. The number of H-pyrrole nitrogens is 1. The van der Waals surface area contributed by atoms with Gasteiger partial charge in [0.15, 0.2) is 10.6 Å². The number of nitrogens with zero attached hydrogens (tertiary/aromatic N) is 2. The summed E-state index contributed by atoms with van der Waals surface area (Å²) in [4.78, 5) is 0. The topological polar surface area (TPSA) is 33.6 Å². The van der Waals surface area contributed by atoms with Crippen molar-refractivity contribution in [2.24, 2.45) is 5.92 Å². The van der Waals surface area contributed by atoms with Crippen molar-refractivity contribution in [3.05, 3.63) is 76.6 Å². The van der Waals surface area contributed by atoms with Crippen LogP contribution in [0.15, 0.2) is 60.7 Å². The minimum atomic E-state index is 0.606. The molecular weight excluding hydrogens is 350 g/mol. The number of fused-ring (bicyclic) bond motifs is 1. The molecule has 0 bridgehead atoms. The lowest BCUT2D eigenvalue weighted by Gasteiger charge is -2.14. The Morgan fingerprint density at radius 3 is 2.48 bits per heavy atom. The van der Waals surface area contributed by atoms with Gasteiger partial charge in [-0.1, -0.05) is 68.4 Å². The van der Waals surface area contributed by atoms with Gasteiger partial charge in [0.1, 0.15) is 0 Å². The molecule has 4 rings (SSSR count). The van der Waals surface area contributed by atoms with Crippen LogP contribution in [0.4, 0.5) is 0 Å². The molecule has 27 heavy (non-hydrogen) atoms. The normalized spacial score (nSPS) is 11.4. The number of nitrogens with one attached hydrogen (secondary N) is 1. The molecular formula is C23H23N3S. The Balaban J connectivity index is 1.99. The molecule has 3 nitrogen and oxygen atoms in total. The van der Waals surface area contributed by atoms with Gasteiger partial charge in [0.25, 0.3) is 0 Å². The van der Waals surface area contributed by atoms with Gasteiger partial charge in [-0.3, -0.25) is 9.67 Å². The predicted molar refractivity (Wildman–Crippen MR) is 115 cm³/mol. The minimum absolute atomic E-state index is 0.606. The Morgan fingerprint density at radius 1 is 0.963 bits per heavy atom. The van der Waals surface area contributed by atoms with Crippen LogP contribution < -0.4 is 0 Å². The summed E-state index contributed by atoms with van der Waals surface area (Å²) >= 11 is 5.61. The Hall–Kier alpha value is -2.72. The van der Waals surface area contributed by atoms with E-state index in [9.17, 15) is 0 Å². The summed E-state index contributed by atoms with van der Waals surface area (Å²) in [6, 6.07) is 21.2. The SMILES string of the molecule is Cc1ccccc1-c1n[nH]c(=S)n1-c1cccc2c(CC(C)C)cccc12. The zero-order chi connectivity index (χ0) is 19.0. The van der Waals surface area contributed by atoms with Crippen LogP contribution in [0.2, 0.25) is 0 Å². The standard InChI is InChI=1S/C23H23N3S/c1-15(2)14-17-9-6-12-20-19(17)11-7-13-21(20)26-22(24-25-23(26)27)18-10-5-4-8-16(18)3/h4-13,15H,14H2,1-3H3,(H,25,27). The van der Waals surface area contributed by atoms with Gasteiger partial charge < -0.3 is 0 Å². The molecule has 0 fully saturated rings. The van der Waals surface area contributed by atoms with Crippen LogP contribution in [0.3, 0.4) is 0 Å². The van der Waals surface area contributed by atoms with Crippen LogP contribution in [0.25, 0.3) is 27.8 Å². The molecule has 0 saturated carbocycles. The predicted octanol–water partition coefficient (Wildman–Crippen LogP) is 6.26. The van der Waals surface area contributed by atoms with Crippen molar-refractivity contribution in [2.75, 3.05) is 0 Å². The molecule has 4 aromatic rings. The fourth-order valence-corrected chi connectivity index (χ4v) is 3.93. The van der Waals surface area contributed by atoms with Crippen LogP contribution in [-0.4, -0.2) is 14.8 Å². The van der Waals surface area contributed by atoms with Gasteiger partial charge in [-0.25, -0.2) is 0 Å². The highest BCUT2D eigenvalue weighted by molar-refractivity contribution is 7.71. The quantitative estimate of drug-likeness (QED) is 0.429. The van der Waals surface area contributed by atoms with Crippen LogP contribution >= 0.6 is 12.2 Å². The van der Waals surface area contributed by atoms with Crippen molar-refractivity contribution in [3.8, 4) is 17.1 Å². The zero-order valence-corrected chi connectivity index (χ0v) is 16.7. The second kappa shape index (κ2) is 7.12. The van der Waals surface area contributed by atoms with Crippen molar-refractivity contribution in [1.82, 2.24) is 14.8 Å². The number of aromatic nitrogens is 3. The summed E-state index contributed by atoms with van der Waals surface area (Å²) in [6.07, 6.45) is 1.06. The zero-order valence-electron chi connectivity index (χ0n) is 15.9. The molecule has 0 aliphatic rings. The first kappa shape index (κ1) is 17.7. The molecule has 3 aromatic carbocycles. The lowest BCUT2D eigenvalue weighted by Crippen LogP contribution is -2.01. The summed E-state index contributed by atoms with van der Waals surface area (Å²) in [5, 5.41) is 10.0. The molecule has 1 heterocycles. The van der Waals surface area contributed by atoms with Gasteiger partial charge in [0, 0.05) is 10.9 Å². The maximum absolute atomic E-state index is 5.61. The number of aromatic amines is 1. The van der Waals surface area contributed by atoms with Gasteiger partial charge in [-0.15, -0.1) is 0 Å². The Kier molecular flexibility index (Phi) is 4.66. The van der Waals surface area contributed by atoms with Gasteiger partial charge in [0.2, 0.25) is 0 Å². The van der Waals surface area contributed by atoms with Gasteiger partial charge in [-0.2, -0.15) is 5.10 Å². The highest BCUT2D eigenvalue weighted by atomic mass is 32.1. The van der Waals surface area contributed by atoms with Crippen molar-refractivity contribution in [2.45, 2.75) is 27.2 Å². The molecule has 0 spiro atoms. The van der Waals surface area contributed by atoms with Gasteiger partial charge in [-0.05, 0) is 54.1 Å². The van der Waals surface area contributed by atoms with Crippen molar-refractivity contribution in [1.29, 1.82) is 0 Å². The second-order valence-electron chi connectivity index (χ2n) is 7.39. The third kappa shape index (κ3) is 3.21. The van der Waals surface area contributed by atoms with Crippen molar-refractivity contribution in [3.63, 3.8) is 0 Å². The van der Waals surface area contributed by atoms with E-state index in [1.54, 1.807) is 0 Å². The van der Waals surface area contributed by atoms with Crippen LogP contribution in [0.5, 0.6) is 0 Å². The molecule has 0 unspecified atom stereocenters. The average Bonchev–Trinajstić information content (AvgIpc) is 3.03. The van der Waals surface area contributed by atoms with E-state index in [2.05, 4.69) is 84.1 Å². The van der Waals surface area contributed by atoms with Crippen LogP contribution in [0.1, 0.15) is 25.0 Å². The molecule has 0 aliphatic heterocycles. The van der Waals surface area contributed by atoms with E-state index >= 15 is 0 Å². The molecule has 0 saturated heterocycles. The highest BCUT2D eigenvalue weighted by Crippen LogP contribution is 2.30. The first-order chi connectivity index (χ1) is 13.1. The summed E-state index contributed by atoms with van der Waals surface area (Å²) in [6.45, 7) is 6.61.